The molecule has 2 aromatic heterocycles. The van der Waals surface area contributed by atoms with Crippen molar-refractivity contribution in [1.82, 2.24) is 19.4 Å². The first-order valence-electron chi connectivity index (χ1n) is 13.0. The molecule has 0 spiro atoms. The first kappa shape index (κ1) is 24.9. The van der Waals surface area contributed by atoms with E-state index in [0.29, 0.717) is 0 Å². The van der Waals surface area contributed by atoms with E-state index >= 15 is 0 Å². The predicted octanol–water partition coefficient (Wildman–Crippen LogP) is 7.52. The molecule has 0 N–H and O–H groups in total. The van der Waals surface area contributed by atoms with Crippen LogP contribution in [0, 0.1) is 6.92 Å². The van der Waals surface area contributed by atoms with E-state index in [9.17, 15) is 0 Å². The topological polar surface area (TPSA) is 34.0 Å². The summed E-state index contributed by atoms with van der Waals surface area (Å²) in [6, 6.07) is 27.6. The summed E-state index contributed by atoms with van der Waals surface area (Å²) in [6.07, 6.45) is 4.62. The first-order chi connectivity index (χ1) is 17.2. The van der Waals surface area contributed by atoms with E-state index < -0.39 is 0 Å². The van der Waals surface area contributed by atoms with Gasteiger partial charge in [-0.05, 0) is 38.4 Å². The third kappa shape index (κ3) is 6.46. The van der Waals surface area contributed by atoms with Gasteiger partial charge in [0.2, 0.25) is 0 Å². The molecule has 4 aromatic rings. The highest BCUT2D eigenvalue weighted by atomic mass is 15.2. The quantitative estimate of drug-likeness (QED) is 0.216. The molecule has 2 heterocycles. The predicted molar refractivity (Wildman–Crippen MR) is 146 cm³/mol. The minimum atomic E-state index is 0.843. The Balaban J connectivity index is 1.79. The van der Waals surface area contributed by atoms with Crippen LogP contribution in [-0.4, -0.2) is 26.0 Å². The number of imidazole rings is 1. The largest absolute Gasteiger partial charge is 0.326 e. The van der Waals surface area contributed by atoms with Gasteiger partial charge in [-0.25, -0.2) is 4.98 Å². The Bertz CT molecular complexity index is 1180. The zero-order valence-corrected chi connectivity index (χ0v) is 21.5. The molecule has 0 aliphatic heterocycles. The normalized spacial score (nSPS) is 11.3. The number of nitrogens with zero attached hydrogens (tertiary/aromatic N) is 4. The summed E-state index contributed by atoms with van der Waals surface area (Å²) < 4.78 is 2.48. The monoisotopic (exact) mass is 466 g/mol. The summed E-state index contributed by atoms with van der Waals surface area (Å²) in [4.78, 5) is 12.6. The van der Waals surface area contributed by atoms with Crippen molar-refractivity contribution in [3.63, 3.8) is 0 Å². The van der Waals surface area contributed by atoms with Crippen molar-refractivity contribution in [3.8, 4) is 22.6 Å². The third-order valence-corrected chi connectivity index (χ3v) is 6.42. The molecule has 0 aliphatic rings. The lowest BCUT2D eigenvalue weighted by Crippen LogP contribution is -2.26. The molecule has 4 heteroatoms. The van der Waals surface area contributed by atoms with Crippen LogP contribution in [0.2, 0.25) is 0 Å². The van der Waals surface area contributed by atoms with Crippen LogP contribution in [0.1, 0.15) is 56.6 Å². The zero-order valence-electron chi connectivity index (χ0n) is 21.5. The molecule has 0 fully saturated rings. The van der Waals surface area contributed by atoms with Crippen LogP contribution < -0.4 is 0 Å². The molecule has 0 amide bonds. The SMILES string of the molecule is CCCCN(Cc1cccc(C)n1)Cc1c(-c2ccccc2)nc(-c2ccccc2)n1CCCC. The standard InChI is InChI=1S/C31H38N4/c1-4-6-21-34(23-28-20-14-15-25(3)32-28)24-29-30(26-16-10-8-11-17-26)33-31(35(29)22-7-5-2)27-18-12-9-13-19-27/h8-20H,4-7,21-24H2,1-3H3. The number of unbranched alkanes of at least 4 members (excludes halogenated alkanes) is 2. The summed E-state index contributed by atoms with van der Waals surface area (Å²) in [6.45, 7) is 10.3. The minimum absolute atomic E-state index is 0.843. The van der Waals surface area contributed by atoms with Gasteiger partial charge in [0.25, 0.3) is 0 Å². The Morgan fingerprint density at radius 2 is 1.40 bits per heavy atom. The second-order valence-electron chi connectivity index (χ2n) is 9.30. The lowest BCUT2D eigenvalue weighted by molar-refractivity contribution is 0.243. The van der Waals surface area contributed by atoms with Crippen molar-refractivity contribution in [2.75, 3.05) is 6.54 Å². The summed E-state index contributed by atoms with van der Waals surface area (Å²) >= 11 is 0. The van der Waals surface area contributed by atoms with Crippen LogP contribution in [0.15, 0.2) is 78.9 Å². The Kier molecular flexibility index (Phi) is 8.85. The molecule has 4 nitrogen and oxygen atoms in total. The molecule has 4 rings (SSSR count). The Morgan fingerprint density at radius 1 is 0.714 bits per heavy atom. The molecular weight excluding hydrogens is 428 g/mol. The molecule has 0 atom stereocenters. The number of aryl methyl sites for hydroxylation is 1. The fraction of sp³-hybridized carbons (Fsp3) is 0.355. The Hall–Kier alpha value is -3.24. The van der Waals surface area contributed by atoms with Crippen molar-refractivity contribution in [3.05, 3.63) is 95.9 Å². The Morgan fingerprint density at radius 3 is 2.06 bits per heavy atom. The average molecular weight is 467 g/mol. The van der Waals surface area contributed by atoms with Crippen molar-refractivity contribution < 1.29 is 0 Å². The van der Waals surface area contributed by atoms with E-state index in [1.807, 2.05) is 0 Å². The lowest BCUT2D eigenvalue weighted by Gasteiger charge is -2.24. The number of hydrogen-bond acceptors (Lipinski definition) is 3. The molecule has 0 aliphatic carbocycles. The fourth-order valence-corrected chi connectivity index (χ4v) is 4.56. The highest BCUT2D eigenvalue weighted by Crippen LogP contribution is 2.31. The van der Waals surface area contributed by atoms with Gasteiger partial charge in [0.15, 0.2) is 0 Å². The highest BCUT2D eigenvalue weighted by Gasteiger charge is 2.22. The summed E-state index contributed by atoms with van der Waals surface area (Å²) in [5, 5.41) is 0. The summed E-state index contributed by atoms with van der Waals surface area (Å²) in [5.74, 6) is 1.07. The highest BCUT2D eigenvalue weighted by molar-refractivity contribution is 5.68. The maximum atomic E-state index is 5.28. The van der Waals surface area contributed by atoms with Gasteiger partial charge in [-0.1, -0.05) is 93.4 Å². The second-order valence-corrected chi connectivity index (χ2v) is 9.30. The molecule has 35 heavy (non-hydrogen) atoms. The maximum absolute atomic E-state index is 5.28. The van der Waals surface area contributed by atoms with Crippen LogP contribution in [0.3, 0.4) is 0 Å². The molecule has 2 aromatic carbocycles. The molecular formula is C31H38N4. The summed E-state index contributed by atoms with van der Waals surface area (Å²) in [5.41, 5.74) is 6.95. The molecule has 0 saturated carbocycles. The number of benzene rings is 2. The van der Waals surface area contributed by atoms with Crippen LogP contribution in [0.4, 0.5) is 0 Å². The number of pyridine rings is 1. The van der Waals surface area contributed by atoms with E-state index in [1.165, 1.54) is 29.7 Å². The van der Waals surface area contributed by atoms with E-state index in [-0.39, 0.29) is 0 Å². The second kappa shape index (κ2) is 12.5. The molecule has 182 valence electrons. The van der Waals surface area contributed by atoms with Crippen LogP contribution >= 0.6 is 0 Å². The zero-order chi connectivity index (χ0) is 24.5. The molecule has 0 unspecified atom stereocenters. The van der Waals surface area contributed by atoms with Gasteiger partial charge in [-0.15, -0.1) is 0 Å². The molecule has 0 saturated heterocycles. The van der Waals surface area contributed by atoms with Crippen molar-refractivity contribution in [1.29, 1.82) is 0 Å². The summed E-state index contributed by atoms with van der Waals surface area (Å²) in [7, 11) is 0. The maximum Gasteiger partial charge on any atom is 0.140 e. The van der Waals surface area contributed by atoms with Crippen LogP contribution in [0.25, 0.3) is 22.6 Å². The van der Waals surface area contributed by atoms with E-state index in [2.05, 4.69) is 109 Å². The van der Waals surface area contributed by atoms with E-state index in [0.717, 1.165) is 61.9 Å². The number of aromatic nitrogens is 3. The first-order valence-corrected chi connectivity index (χ1v) is 13.0. The molecule has 0 bridgehead atoms. The van der Waals surface area contributed by atoms with Crippen molar-refractivity contribution in [2.24, 2.45) is 0 Å². The Labute approximate surface area is 210 Å². The van der Waals surface area contributed by atoms with Crippen LogP contribution in [-0.2, 0) is 19.6 Å². The van der Waals surface area contributed by atoms with E-state index in [4.69, 9.17) is 9.97 Å². The third-order valence-electron chi connectivity index (χ3n) is 6.42. The van der Waals surface area contributed by atoms with Gasteiger partial charge in [0.1, 0.15) is 5.82 Å². The number of hydrogen-bond donors (Lipinski definition) is 0. The minimum Gasteiger partial charge on any atom is -0.326 e. The lowest BCUT2D eigenvalue weighted by atomic mass is 10.1. The molecule has 0 radical (unpaired) electrons. The van der Waals surface area contributed by atoms with E-state index in [1.54, 1.807) is 0 Å². The van der Waals surface area contributed by atoms with Gasteiger partial charge >= 0.3 is 0 Å². The van der Waals surface area contributed by atoms with Gasteiger partial charge < -0.3 is 4.57 Å². The van der Waals surface area contributed by atoms with Gasteiger partial charge in [-0.2, -0.15) is 0 Å². The van der Waals surface area contributed by atoms with Crippen LogP contribution in [0.5, 0.6) is 0 Å². The average Bonchev–Trinajstić information content (AvgIpc) is 3.25. The fourth-order valence-electron chi connectivity index (χ4n) is 4.56. The smallest absolute Gasteiger partial charge is 0.140 e. The van der Waals surface area contributed by atoms with Gasteiger partial charge in [0.05, 0.1) is 17.1 Å². The van der Waals surface area contributed by atoms with Crippen molar-refractivity contribution >= 4 is 0 Å². The van der Waals surface area contributed by atoms with Crippen molar-refractivity contribution in [2.45, 2.75) is 66.1 Å². The number of rotatable bonds is 12. The van der Waals surface area contributed by atoms with Gasteiger partial charge in [0, 0.05) is 36.5 Å². The van der Waals surface area contributed by atoms with Gasteiger partial charge in [-0.3, -0.25) is 9.88 Å².